The highest BCUT2D eigenvalue weighted by molar-refractivity contribution is 7.91. The maximum atomic E-state index is 12.1. The van der Waals surface area contributed by atoms with Crippen LogP contribution in [-0.2, 0) is 15.8 Å². The van der Waals surface area contributed by atoms with Crippen molar-refractivity contribution in [1.29, 1.82) is 0 Å². The number of nitrogens with two attached hydrogens (primary N) is 1. The third-order valence-electron chi connectivity index (χ3n) is 2.44. The molecule has 0 amide bonds. The fourth-order valence-corrected chi connectivity index (χ4v) is 3.42. The molecule has 2 aromatic carbocycles. The van der Waals surface area contributed by atoms with Crippen molar-refractivity contribution in [2.75, 3.05) is 10.5 Å². The van der Waals surface area contributed by atoms with Crippen LogP contribution in [0.5, 0.6) is 0 Å². The summed E-state index contributed by atoms with van der Waals surface area (Å²) in [5, 5.41) is 0.721. The van der Waals surface area contributed by atoms with Gasteiger partial charge in [-0.3, -0.25) is 4.72 Å². The highest BCUT2D eigenvalue weighted by Gasteiger charge is 2.12. The van der Waals surface area contributed by atoms with Crippen molar-refractivity contribution in [3.63, 3.8) is 0 Å². The molecule has 3 N–H and O–H groups in total. The Morgan fingerprint density at radius 1 is 1.05 bits per heavy atom. The van der Waals surface area contributed by atoms with Gasteiger partial charge in [-0.25, -0.2) is 8.42 Å². The fraction of sp³-hybridized carbons (Fsp3) is 0.0769. The second kappa shape index (κ2) is 5.91. The Hall–Kier alpha value is -1.43. The van der Waals surface area contributed by atoms with Gasteiger partial charge < -0.3 is 5.73 Å². The molecular weight excluding hydrogens is 319 g/mol. The normalized spacial score (nSPS) is 11.3. The Morgan fingerprint density at radius 3 is 2.30 bits per heavy atom. The molecule has 0 aliphatic carbocycles. The third-order valence-corrected chi connectivity index (χ3v) is 4.14. The Bertz CT molecular complexity index is 713. The first-order valence-corrected chi connectivity index (χ1v) is 8.06. The summed E-state index contributed by atoms with van der Waals surface area (Å²) in [7, 11) is -3.56. The summed E-state index contributed by atoms with van der Waals surface area (Å²) in [4.78, 5) is 0. The van der Waals surface area contributed by atoms with E-state index in [4.69, 9.17) is 28.9 Å². The number of benzene rings is 2. The quantitative estimate of drug-likeness (QED) is 0.842. The van der Waals surface area contributed by atoms with E-state index in [0.717, 1.165) is 0 Å². The van der Waals surface area contributed by atoms with Gasteiger partial charge in [0.25, 0.3) is 0 Å². The Balaban J connectivity index is 2.19. The van der Waals surface area contributed by atoms with Crippen LogP contribution < -0.4 is 10.5 Å². The first-order valence-electron chi connectivity index (χ1n) is 5.65. The van der Waals surface area contributed by atoms with Gasteiger partial charge in [0.1, 0.15) is 0 Å². The molecule has 2 aromatic rings. The summed E-state index contributed by atoms with van der Waals surface area (Å²) in [6.07, 6.45) is 0. The topological polar surface area (TPSA) is 72.2 Å². The van der Waals surface area contributed by atoms with Crippen molar-refractivity contribution in [2.24, 2.45) is 0 Å². The van der Waals surface area contributed by atoms with Crippen LogP contribution in [0.2, 0.25) is 10.0 Å². The maximum absolute atomic E-state index is 12.1. The minimum Gasteiger partial charge on any atom is -0.399 e. The molecule has 0 unspecified atom stereocenters. The molecule has 0 fully saturated rings. The van der Waals surface area contributed by atoms with Gasteiger partial charge in [-0.15, -0.1) is 0 Å². The van der Waals surface area contributed by atoms with Crippen LogP contribution in [0.15, 0.2) is 42.5 Å². The van der Waals surface area contributed by atoms with E-state index >= 15 is 0 Å². The number of nitrogens with one attached hydrogen (secondary N) is 1. The first-order chi connectivity index (χ1) is 9.34. The van der Waals surface area contributed by atoms with Gasteiger partial charge >= 0.3 is 0 Å². The highest BCUT2D eigenvalue weighted by atomic mass is 35.5. The lowest BCUT2D eigenvalue weighted by Gasteiger charge is -2.09. The number of anilines is 2. The molecule has 0 saturated heterocycles. The summed E-state index contributed by atoms with van der Waals surface area (Å²) in [5.41, 5.74) is 7.06. The summed E-state index contributed by atoms with van der Waals surface area (Å²) < 4.78 is 26.6. The number of rotatable bonds is 4. The zero-order valence-corrected chi connectivity index (χ0v) is 12.6. The molecule has 20 heavy (non-hydrogen) atoms. The van der Waals surface area contributed by atoms with Crippen molar-refractivity contribution >= 4 is 44.6 Å². The number of sulfonamides is 1. The largest absolute Gasteiger partial charge is 0.399 e. The number of hydrogen-bond donors (Lipinski definition) is 2. The van der Waals surface area contributed by atoms with E-state index in [-0.39, 0.29) is 5.75 Å². The van der Waals surface area contributed by atoms with Gasteiger partial charge in [-0.1, -0.05) is 35.3 Å². The van der Waals surface area contributed by atoms with Gasteiger partial charge in [0.05, 0.1) is 11.4 Å². The molecule has 106 valence electrons. The van der Waals surface area contributed by atoms with Crippen molar-refractivity contribution in [3.8, 4) is 0 Å². The van der Waals surface area contributed by atoms with E-state index in [1.807, 2.05) is 0 Å². The third kappa shape index (κ3) is 4.30. The van der Waals surface area contributed by atoms with Gasteiger partial charge in [-0.2, -0.15) is 0 Å². The molecule has 7 heteroatoms. The van der Waals surface area contributed by atoms with Crippen molar-refractivity contribution in [2.45, 2.75) is 5.75 Å². The predicted molar refractivity (Wildman–Crippen MR) is 83.6 cm³/mol. The summed E-state index contributed by atoms with van der Waals surface area (Å²) in [6.45, 7) is 0. The molecule has 4 nitrogen and oxygen atoms in total. The van der Waals surface area contributed by atoms with Crippen LogP contribution in [0, 0.1) is 0 Å². The lowest BCUT2D eigenvalue weighted by atomic mass is 10.2. The van der Waals surface area contributed by atoms with Crippen LogP contribution in [0.25, 0.3) is 0 Å². The van der Waals surface area contributed by atoms with E-state index in [1.54, 1.807) is 24.3 Å². The molecule has 0 aromatic heterocycles. The smallest absolute Gasteiger partial charge is 0.236 e. The monoisotopic (exact) mass is 330 g/mol. The van der Waals surface area contributed by atoms with Gasteiger partial charge in [0.2, 0.25) is 10.0 Å². The molecule has 2 rings (SSSR count). The van der Waals surface area contributed by atoms with Crippen molar-refractivity contribution in [3.05, 3.63) is 58.1 Å². The molecule has 0 aliphatic rings. The van der Waals surface area contributed by atoms with Crippen molar-refractivity contribution < 1.29 is 8.42 Å². The van der Waals surface area contributed by atoms with E-state index in [0.29, 0.717) is 27.0 Å². The SMILES string of the molecule is Nc1cccc(CS(=O)(=O)Nc2cc(Cl)cc(Cl)c2)c1. The van der Waals surface area contributed by atoms with Crippen LogP contribution >= 0.6 is 23.2 Å². The summed E-state index contributed by atoms with van der Waals surface area (Å²) >= 11 is 11.6. The lowest BCUT2D eigenvalue weighted by Crippen LogP contribution is -2.15. The molecule has 0 heterocycles. The van der Waals surface area contributed by atoms with Crippen LogP contribution in [0.3, 0.4) is 0 Å². The molecule has 0 bridgehead atoms. The zero-order chi connectivity index (χ0) is 14.8. The zero-order valence-electron chi connectivity index (χ0n) is 10.3. The standard InChI is InChI=1S/C13H12Cl2N2O2S/c14-10-5-11(15)7-13(6-10)17-20(18,19)8-9-2-1-3-12(16)4-9/h1-7,17H,8,16H2. The van der Waals surface area contributed by atoms with E-state index < -0.39 is 10.0 Å². The summed E-state index contributed by atoms with van der Waals surface area (Å²) in [6, 6.07) is 11.2. The van der Waals surface area contributed by atoms with Gasteiger partial charge in [0, 0.05) is 15.7 Å². The van der Waals surface area contributed by atoms with E-state index in [1.165, 1.54) is 18.2 Å². The fourth-order valence-electron chi connectivity index (χ4n) is 1.73. The summed E-state index contributed by atoms with van der Waals surface area (Å²) in [5.74, 6) is -0.178. The highest BCUT2D eigenvalue weighted by Crippen LogP contribution is 2.23. The Labute approximate surface area is 127 Å². The number of halogens is 2. The van der Waals surface area contributed by atoms with Crippen LogP contribution in [-0.4, -0.2) is 8.42 Å². The molecule has 0 spiro atoms. The number of nitrogen functional groups attached to an aromatic ring is 1. The molecular formula is C13H12Cl2N2O2S. The molecule has 0 aliphatic heterocycles. The predicted octanol–water partition coefficient (Wildman–Crippen LogP) is 3.52. The van der Waals surface area contributed by atoms with Gasteiger partial charge in [0.15, 0.2) is 0 Å². The minimum atomic E-state index is -3.56. The van der Waals surface area contributed by atoms with Crippen molar-refractivity contribution in [1.82, 2.24) is 0 Å². The van der Waals surface area contributed by atoms with Gasteiger partial charge in [-0.05, 0) is 35.9 Å². The lowest BCUT2D eigenvalue weighted by molar-refractivity contribution is 0.600. The molecule has 0 atom stereocenters. The van der Waals surface area contributed by atoms with E-state index in [9.17, 15) is 8.42 Å². The average molecular weight is 331 g/mol. The minimum absolute atomic E-state index is 0.178. The van der Waals surface area contributed by atoms with E-state index in [2.05, 4.69) is 4.72 Å². The molecule has 0 saturated carbocycles. The Kier molecular flexibility index (Phi) is 4.42. The Morgan fingerprint density at radius 2 is 1.70 bits per heavy atom. The first kappa shape index (κ1) is 15.0. The van der Waals surface area contributed by atoms with Crippen LogP contribution in [0.1, 0.15) is 5.56 Å². The second-order valence-corrected chi connectivity index (χ2v) is 6.86. The molecule has 0 radical (unpaired) electrons. The maximum Gasteiger partial charge on any atom is 0.236 e. The van der Waals surface area contributed by atoms with Crippen LogP contribution in [0.4, 0.5) is 11.4 Å². The second-order valence-electron chi connectivity index (χ2n) is 4.26. The number of hydrogen-bond acceptors (Lipinski definition) is 3. The average Bonchev–Trinajstić information content (AvgIpc) is 2.25.